The summed E-state index contributed by atoms with van der Waals surface area (Å²) < 4.78 is 5.67. The number of hydrogen-bond acceptors (Lipinski definition) is 6. The number of nitrogens with zero attached hydrogens (tertiary/aromatic N) is 3. The smallest absolute Gasteiger partial charge is 0.298 e. The summed E-state index contributed by atoms with van der Waals surface area (Å²) in [5, 5.41) is 14.0. The summed E-state index contributed by atoms with van der Waals surface area (Å²) in [4.78, 5) is 16.8. The van der Waals surface area contributed by atoms with Crippen LogP contribution in [0.25, 0.3) is 11.1 Å². The van der Waals surface area contributed by atoms with Crippen LogP contribution in [0, 0.1) is 10.1 Å². The van der Waals surface area contributed by atoms with Crippen molar-refractivity contribution in [1.82, 2.24) is 10.3 Å². The summed E-state index contributed by atoms with van der Waals surface area (Å²) >= 11 is 0. The molecule has 1 atom stereocenters. The molecule has 7 heteroatoms. The van der Waals surface area contributed by atoms with Crippen LogP contribution >= 0.6 is 0 Å². The minimum absolute atomic E-state index is 0.0203. The predicted octanol–water partition coefficient (Wildman–Crippen LogP) is 1.92. The molecule has 1 N–H and O–H groups in total. The van der Waals surface area contributed by atoms with Gasteiger partial charge in [-0.2, -0.15) is 4.98 Å². The first-order chi connectivity index (χ1) is 9.67. The van der Waals surface area contributed by atoms with Gasteiger partial charge in [-0.15, -0.1) is 0 Å². The number of nitro groups is 1. The summed E-state index contributed by atoms with van der Waals surface area (Å²) in [6, 6.07) is 5.46. The van der Waals surface area contributed by atoms with Gasteiger partial charge in [-0.1, -0.05) is 0 Å². The van der Waals surface area contributed by atoms with Gasteiger partial charge in [-0.3, -0.25) is 10.1 Å². The number of likely N-dealkylation sites (N-methyl/N-ethyl adjacent to an activating group) is 1. The van der Waals surface area contributed by atoms with Crippen LogP contribution in [0.3, 0.4) is 0 Å². The van der Waals surface area contributed by atoms with Crippen LogP contribution in [0.15, 0.2) is 22.6 Å². The molecule has 1 aromatic carbocycles. The number of non-ortho nitro benzene ring substituents is 1. The van der Waals surface area contributed by atoms with Gasteiger partial charge in [0.05, 0.1) is 11.0 Å². The van der Waals surface area contributed by atoms with Crippen molar-refractivity contribution < 1.29 is 9.34 Å². The van der Waals surface area contributed by atoms with Crippen molar-refractivity contribution in [1.29, 1.82) is 0 Å². The maximum absolute atomic E-state index is 10.8. The van der Waals surface area contributed by atoms with E-state index >= 15 is 0 Å². The molecule has 1 saturated heterocycles. The molecule has 106 valence electrons. The molecular weight excluding hydrogens is 260 g/mol. The second-order valence-corrected chi connectivity index (χ2v) is 4.98. The molecule has 0 spiro atoms. The van der Waals surface area contributed by atoms with Crippen molar-refractivity contribution in [2.24, 2.45) is 0 Å². The van der Waals surface area contributed by atoms with Crippen LogP contribution in [-0.2, 0) is 0 Å². The van der Waals surface area contributed by atoms with E-state index in [-0.39, 0.29) is 5.69 Å². The van der Waals surface area contributed by atoms with Gasteiger partial charge in [0.1, 0.15) is 5.52 Å². The van der Waals surface area contributed by atoms with Gasteiger partial charge < -0.3 is 14.6 Å². The monoisotopic (exact) mass is 276 g/mol. The summed E-state index contributed by atoms with van der Waals surface area (Å²) in [7, 11) is 1.95. The van der Waals surface area contributed by atoms with Gasteiger partial charge >= 0.3 is 0 Å². The van der Waals surface area contributed by atoms with Crippen LogP contribution in [0.2, 0.25) is 0 Å². The van der Waals surface area contributed by atoms with E-state index in [1.807, 2.05) is 7.05 Å². The predicted molar refractivity (Wildman–Crippen MR) is 75.0 cm³/mol. The largest absolute Gasteiger partial charge is 0.423 e. The fourth-order valence-electron chi connectivity index (χ4n) is 2.54. The van der Waals surface area contributed by atoms with Crippen molar-refractivity contribution >= 4 is 22.8 Å². The molecule has 20 heavy (non-hydrogen) atoms. The van der Waals surface area contributed by atoms with E-state index in [2.05, 4.69) is 15.2 Å². The minimum atomic E-state index is -0.431. The van der Waals surface area contributed by atoms with Crippen molar-refractivity contribution in [3.05, 3.63) is 28.3 Å². The summed E-state index contributed by atoms with van der Waals surface area (Å²) in [5.41, 5.74) is 1.13. The standard InChI is InChI=1S/C13H16N4O3/c1-14-9-3-2-6-16(8-9)13-15-11-5-4-10(17(18)19)7-12(11)20-13/h4-5,7,9,14H,2-3,6,8H2,1H3. The highest BCUT2D eigenvalue weighted by Gasteiger charge is 2.22. The Morgan fingerprint density at radius 2 is 2.40 bits per heavy atom. The molecule has 7 nitrogen and oxygen atoms in total. The molecule has 0 aliphatic carbocycles. The van der Waals surface area contributed by atoms with Crippen molar-refractivity contribution in [2.75, 3.05) is 25.0 Å². The summed E-state index contributed by atoms with van der Waals surface area (Å²) in [6.07, 6.45) is 2.21. The SMILES string of the molecule is CNC1CCCN(c2nc3ccc([N+](=O)[O-])cc3o2)C1. The number of oxazole rings is 1. The highest BCUT2D eigenvalue weighted by Crippen LogP contribution is 2.27. The number of benzene rings is 1. The molecular formula is C13H16N4O3. The van der Waals surface area contributed by atoms with Crippen molar-refractivity contribution in [3.8, 4) is 0 Å². The Balaban J connectivity index is 1.90. The van der Waals surface area contributed by atoms with Gasteiger partial charge in [0.25, 0.3) is 11.7 Å². The minimum Gasteiger partial charge on any atom is -0.423 e. The lowest BCUT2D eigenvalue weighted by molar-refractivity contribution is -0.384. The number of rotatable bonds is 3. The third-order valence-electron chi connectivity index (χ3n) is 3.67. The van der Waals surface area contributed by atoms with E-state index in [1.54, 1.807) is 6.07 Å². The number of nitro benzene ring substituents is 1. The number of aromatic nitrogens is 1. The first-order valence-electron chi connectivity index (χ1n) is 6.64. The van der Waals surface area contributed by atoms with Crippen LogP contribution in [0.4, 0.5) is 11.7 Å². The fraction of sp³-hybridized carbons (Fsp3) is 0.462. The van der Waals surface area contributed by atoms with E-state index in [4.69, 9.17) is 4.42 Å². The third kappa shape index (κ3) is 2.32. The molecule has 2 heterocycles. The topological polar surface area (TPSA) is 84.4 Å². The zero-order valence-corrected chi connectivity index (χ0v) is 11.2. The van der Waals surface area contributed by atoms with E-state index in [1.165, 1.54) is 12.1 Å². The lowest BCUT2D eigenvalue weighted by Crippen LogP contribution is -2.44. The van der Waals surface area contributed by atoms with Crippen LogP contribution < -0.4 is 10.2 Å². The Bertz CT molecular complexity index is 640. The zero-order chi connectivity index (χ0) is 14.1. The molecule has 0 bridgehead atoms. The average molecular weight is 276 g/mol. The second kappa shape index (κ2) is 5.09. The van der Waals surface area contributed by atoms with E-state index in [0.717, 1.165) is 25.9 Å². The zero-order valence-electron chi connectivity index (χ0n) is 11.2. The molecule has 0 radical (unpaired) electrons. The van der Waals surface area contributed by atoms with Crippen LogP contribution in [0.1, 0.15) is 12.8 Å². The van der Waals surface area contributed by atoms with Crippen LogP contribution in [0.5, 0.6) is 0 Å². The second-order valence-electron chi connectivity index (χ2n) is 4.98. The maximum Gasteiger partial charge on any atom is 0.298 e. The van der Waals surface area contributed by atoms with E-state index < -0.39 is 4.92 Å². The quantitative estimate of drug-likeness (QED) is 0.681. The van der Waals surface area contributed by atoms with Gasteiger partial charge in [0.15, 0.2) is 5.58 Å². The number of hydrogen-bond donors (Lipinski definition) is 1. The first kappa shape index (κ1) is 12.9. The Hall–Kier alpha value is -2.15. The molecule has 1 aliphatic heterocycles. The van der Waals surface area contributed by atoms with Gasteiger partial charge in [0.2, 0.25) is 0 Å². The van der Waals surface area contributed by atoms with E-state index in [9.17, 15) is 10.1 Å². The summed E-state index contributed by atoms with van der Waals surface area (Å²) in [5.74, 6) is 0. The lowest BCUT2D eigenvalue weighted by atomic mass is 10.1. The Morgan fingerprint density at radius 1 is 1.55 bits per heavy atom. The Kier molecular flexibility index (Phi) is 3.27. The maximum atomic E-state index is 10.8. The van der Waals surface area contributed by atoms with Crippen molar-refractivity contribution in [3.63, 3.8) is 0 Å². The van der Waals surface area contributed by atoms with Gasteiger partial charge in [0, 0.05) is 25.2 Å². The molecule has 2 aromatic rings. The average Bonchev–Trinajstić information content (AvgIpc) is 2.90. The van der Waals surface area contributed by atoms with Crippen LogP contribution in [-0.4, -0.2) is 36.1 Å². The number of fused-ring (bicyclic) bond motifs is 1. The summed E-state index contributed by atoms with van der Waals surface area (Å²) in [6.45, 7) is 1.73. The number of anilines is 1. The molecule has 1 unspecified atom stereocenters. The highest BCUT2D eigenvalue weighted by atomic mass is 16.6. The molecule has 1 aliphatic rings. The molecule has 3 rings (SSSR count). The van der Waals surface area contributed by atoms with Gasteiger partial charge in [-0.25, -0.2) is 0 Å². The molecule has 0 amide bonds. The van der Waals surface area contributed by atoms with E-state index in [0.29, 0.717) is 23.2 Å². The number of piperidine rings is 1. The lowest BCUT2D eigenvalue weighted by Gasteiger charge is -2.31. The Morgan fingerprint density at radius 3 is 3.15 bits per heavy atom. The molecule has 1 fully saturated rings. The highest BCUT2D eigenvalue weighted by molar-refractivity contribution is 5.77. The van der Waals surface area contributed by atoms with Gasteiger partial charge in [-0.05, 0) is 26.0 Å². The fourth-order valence-corrected chi connectivity index (χ4v) is 2.54. The van der Waals surface area contributed by atoms with Crippen molar-refractivity contribution in [2.45, 2.75) is 18.9 Å². The third-order valence-corrected chi connectivity index (χ3v) is 3.67. The molecule has 1 aromatic heterocycles. The Labute approximate surface area is 115 Å². The first-order valence-corrected chi connectivity index (χ1v) is 6.64. The normalized spacial score (nSPS) is 19.4. The number of nitrogens with one attached hydrogen (secondary N) is 1. The molecule has 0 saturated carbocycles.